The first-order chi connectivity index (χ1) is 7.65. The molecule has 0 radical (unpaired) electrons. The van der Waals surface area contributed by atoms with Crippen LogP contribution in [0.5, 0.6) is 0 Å². The summed E-state index contributed by atoms with van der Waals surface area (Å²) in [5.74, 6) is 0.513. The third-order valence-electron chi connectivity index (χ3n) is 2.28. The molecule has 4 heteroatoms. The summed E-state index contributed by atoms with van der Waals surface area (Å²) in [4.78, 5) is 4.01. The number of halogens is 2. The van der Waals surface area contributed by atoms with Gasteiger partial charge in [0.25, 0.3) is 0 Å². The Bertz CT molecular complexity index is 495. The van der Waals surface area contributed by atoms with Crippen LogP contribution in [0, 0.1) is 0 Å². The molecule has 2 rings (SSSR count). The van der Waals surface area contributed by atoms with E-state index >= 15 is 0 Å². The predicted molar refractivity (Wildman–Crippen MR) is 67.9 cm³/mol. The number of aromatic nitrogens is 1. The molecule has 0 atom stereocenters. The van der Waals surface area contributed by atoms with E-state index in [1.807, 2.05) is 30.3 Å². The van der Waals surface area contributed by atoms with Crippen LogP contribution in [0.4, 0.5) is 5.82 Å². The van der Waals surface area contributed by atoms with Crippen molar-refractivity contribution in [2.45, 2.75) is 6.42 Å². The van der Waals surface area contributed by atoms with Crippen LogP contribution in [-0.4, -0.2) is 4.98 Å². The van der Waals surface area contributed by atoms with Gasteiger partial charge in [-0.2, -0.15) is 0 Å². The number of rotatable bonds is 2. The summed E-state index contributed by atoms with van der Waals surface area (Å²) in [7, 11) is 0. The molecule has 0 amide bonds. The monoisotopic (exact) mass is 252 g/mol. The van der Waals surface area contributed by atoms with Gasteiger partial charge in [0.15, 0.2) is 0 Å². The zero-order valence-corrected chi connectivity index (χ0v) is 9.96. The largest absolute Gasteiger partial charge is 0.383 e. The van der Waals surface area contributed by atoms with Gasteiger partial charge in [-0.25, -0.2) is 4.98 Å². The fourth-order valence-electron chi connectivity index (χ4n) is 1.46. The number of pyridine rings is 1. The van der Waals surface area contributed by atoms with Crippen molar-refractivity contribution < 1.29 is 0 Å². The van der Waals surface area contributed by atoms with Crippen molar-refractivity contribution in [3.8, 4) is 0 Å². The van der Waals surface area contributed by atoms with Crippen molar-refractivity contribution in [3.63, 3.8) is 0 Å². The molecule has 0 spiro atoms. The first kappa shape index (κ1) is 11.2. The maximum atomic E-state index is 5.87. The van der Waals surface area contributed by atoms with Gasteiger partial charge in [-0.15, -0.1) is 0 Å². The minimum Gasteiger partial charge on any atom is -0.383 e. The smallest absolute Gasteiger partial charge is 0.126 e. The van der Waals surface area contributed by atoms with Crippen LogP contribution in [0.1, 0.15) is 11.1 Å². The number of hydrogen-bond acceptors (Lipinski definition) is 2. The molecule has 0 aliphatic rings. The van der Waals surface area contributed by atoms with E-state index in [0.717, 1.165) is 16.1 Å². The Morgan fingerprint density at radius 1 is 1.06 bits per heavy atom. The third-order valence-corrected chi connectivity index (χ3v) is 2.73. The lowest BCUT2D eigenvalue weighted by Gasteiger charge is -2.05. The van der Waals surface area contributed by atoms with Gasteiger partial charge in [-0.05, 0) is 23.8 Å². The molecule has 0 fully saturated rings. The number of anilines is 1. The van der Waals surface area contributed by atoms with Crippen LogP contribution in [0.15, 0.2) is 36.5 Å². The summed E-state index contributed by atoms with van der Waals surface area (Å²) >= 11 is 11.7. The molecule has 2 aromatic rings. The highest BCUT2D eigenvalue weighted by Crippen LogP contribution is 2.19. The minimum absolute atomic E-state index is 0.513. The first-order valence-corrected chi connectivity index (χ1v) is 5.55. The van der Waals surface area contributed by atoms with Gasteiger partial charge in [0.1, 0.15) is 5.82 Å². The zero-order valence-electron chi connectivity index (χ0n) is 8.45. The van der Waals surface area contributed by atoms with Crippen molar-refractivity contribution >= 4 is 29.0 Å². The van der Waals surface area contributed by atoms with Gasteiger partial charge in [0, 0.05) is 23.2 Å². The van der Waals surface area contributed by atoms with Gasteiger partial charge in [-0.1, -0.05) is 35.3 Å². The van der Waals surface area contributed by atoms with Gasteiger partial charge in [-0.3, -0.25) is 0 Å². The second-order valence-corrected chi connectivity index (χ2v) is 4.37. The molecule has 1 heterocycles. The fourth-order valence-corrected chi connectivity index (χ4v) is 1.76. The normalized spacial score (nSPS) is 10.4. The average Bonchev–Trinajstić information content (AvgIpc) is 2.27. The first-order valence-electron chi connectivity index (χ1n) is 4.79. The van der Waals surface area contributed by atoms with Crippen molar-refractivity contribution in [1.29, 1.82) is 0 Å². The van der Waals surface area contributed by atoms with Crippen LogP contribution < -0.4 is 5.73 Å². The Kier molecular flexibility index (Phi) is 3.32. The number of benzene rings is 1. The standard InChI is InChI=1S/C12H10Cl2N2/c13-10-3-1-8(2-4-10)5-9-6-11(14)7-16-12(9)15/h1-4,6-7H,5H2,(H2,15,16). The molecule has 2 N–H and O–H groups in total. The van der Waals surface area contributed by atoms with Crippen LogP contribution >= 0.6 is 23.2 Å². The highest BCUT2D eigenvalue weighted by Gasteiger charge is 2.03. The second-order valence-electron chi connectivity index (χ2n) is 3.50. The lowest BCUT2D eigenvalue weighted by Crippen LogP contribution is -1.98. The van der Waals surface area contributed by atoms with Crippen LogP contribution in [0.2, 0.25) is 10.0 Å². The second kappa shape index (κ2) is 4.73. The predicted octanol–water partition coefficient (Wildman–Crippen LogP) is 3.56. The van der Waals surface area contributed by atoms with E-state index in [1.54, 1.807) is 6.20 Å². The van der Waals surface area contributed by atoms with E-state index in [-0.39, 0.29) is 0 Å². The van der Waals surface area contributed by atoms with Crippen LogP contribution in [0.3, 0.4) is 0 Å². The SMILES string of the molecule is Nc1ncc(Cl)cc1Cc1ccc(Cl)cc1. The molecular formula is C12H10Cl2N2. The quantitative estimate of drug-likeness (QED) is 0.888. The van der Waals surface area contributed by atoms with Gasteiger partial charge in [0.05, 0.1) is 5.02 Å². The van der Waals surface area contributed by atoms with Gasteiger partial charge >= 0.3 is 0 Å². The third kappa shape index (κ3) is 2.65. The minimum atomic E-state index is 0.513. The molecule has 0 aliphatic heterocycles. The molecule has 1 aromatic carbocycles. The summed E-state index contributed by atoms with van der Waals surface area (Å²) in [6, 6.07) is 9.46. The maximum absolute atomic E-state index is 5.87. The molecule has 82 valence electrons. The Labute approximate surface area is 104 Å². The summed E-state index contributed by atoms with van der Waals surface area (Å²) in [5.41, 5.74) is 7.82. The Morgan fingerprint density at radius 2 is 1.75 bits per heavy atom. The van der Waals surface area contributed by atoms with Crippen LogP contribution in [0.25, 0.3) is 0 Å². The van der Waals surface area contributed by atoms with Gasteiger partial charge < -0.3 is 5.73 Å². The van der Waals surface area contributed by atoms with Crippen molar-refractivity contribution in [2.24, 2.45) is 0 Å². The Balaban J connectivity index is 2.26. The van der Waals surface area contributed by atoms with E-state index < -0.39 is 0 Å². The van der Waals surface area contributed by atoms with E-state index in [9.17, 15) is 0 Å². The van der Waals surface area contributed by atoms with E-state index in [1.165, 1.54) is 0 Å². The van der Waals surface area contributed by atoms with E-state index in [4.69, 9.17) is 28.9 Å². The molecule has 16 heavy (non-hydrogen) atoms. The molecule has 0 saturated carbocycles. The zero-order chi connectivity index (χ0) is 11.5. The number of nitrogens with zero attached hydrogens (tertiary/aromatic N) is 1. The molecule has 0 saturated heterocycles. The molecule has 1 aromatic heterocycles. The maximum Gasteiger partial charge on any atom is 0.126 e. The highest BCUT2D eigenvalue weighted by molar-refractivity contribution is 6.30. The molecule has 0 bridgehead atoms. The Morgan fingerprint density at radius 3 is 2.44 bits per heavy atom. The van der Waals surface area contributed by atoms with Crippen molar-refractivity contribution in [2.75, 3.05) is 5.73 Å². The summed E-state index contributed by atoms with van der Waals surface area (Å²) in [6.07, 6.45) is 2.25. The number of hydrogen-bond donors (Lipinski definition) is 1. The lowest BCUT2D eigenvalue weighted by atomic mass is 10.1. The lowest BCUT2D eigenvalue weighted by molar-refractivity contribution is 1.15. The Hall–Kier alpha value is -1.25. The molecular weight excluding hydrogens is 243 g/mol. The molecule has 0 unspecified atom stereocenters. The topological polar surface area (TPSA) is 38.9 Å². The highest BCUT2D eigenvalue weighted by atomic mass is 35.5. The fraction of sp³-hybridized carbons (Fsp3) is 0.0833. The average molecular weight is 253 g/mol. The summed E-state index contributed by atoms with van der Waals surface area (Å²) in [6.45, 7) is 0. The van der Waals surface area contributed by atoms with Crippen LogP contribution in [-0.2, 0) is 6.42 Å². The summed E-state index contributed by atoms with van der Waals surface area (Å²) in [5, 5.41) is 1.32. The van der Waals surface area contributed by atoms with E-state index in [2.05, 4.69) is 4.98 Å². The molecule has 0 aliphatic carbocycles. The van der Waals surface area contributed by atoms with Crippen molar-refractivity contribution in [3.05, 3.63) is 57.7 Å². The number of nitrogen functional groups attached to an aromatic ring is 1. The van der Waals surface area contributed by atoms with Crippen molar-refractivity contribution in [1.82, 2.24) is 4.98 Å². The molecule has 2 nitrogen and oxygen atoms in total. The van der Waals surface area contributed by atoms with E-state index in [0.29, 0.717) is 17.3 Å². The van der Waals surface area contributed by atoms with Gasteiger partial charge in [0.2, 0.25) is 0 Å². The summed E-state index contributed by atoms with van der Waals surface area (Å²) < 4.78 is 0. The number of nitrogens with two attached hydrogens (primary N) is 1.